The van der Waals surface area contributed by atoms with E-state index in [1.54, 1.807) is 0 Å². The van der Waals surface area contributed by atoms with Crippen LogP contribution < -0.4 is 5.32 Å². The van der Waals surface area contributed by atoms with Gasteiger partial charge in [-0.3, -0.25) is 0 Å². The molecule has 1 aromatic carbocycles. The van der Waals surface area contributed by atoms with Gasteiger partial charge in [0.15, 0.2) is 0 Å². The smallest absolute Gasteiger partial charge is 0.0665 e. The van der Waals surface area contributed by atoms with Crippen molar-refractivity contribution in [3.63, 3.8) is 0 Å². The summed E-state index contributed by atoms with van der Waals surface area (Å²) in [7, 11) is 1.93. The van der Waals surface area contributed by atoms with Crippen LogP contribution in [0.25, 0.3) is 0 Å². The molecular weight excluding hydrogens is 289 g/mol. The van der Waals surface area contributed by atoms with Crippen LogP contribution in [0.2, 0.25) is 5.02 Å². The second-order valence-corrected chi connectivity index (χ2v) is 5.18. The fourth-order valence-electron chi connectivity index (χ4n) is 1.40. The van der Waals surface area contributed by atoms with Crippen molar-refractivity contribution in [3.05, 3.63) is 33.3 Å². The Morgan fingerprint density at radius 2 is 2.12 bits per heavy atom. The van der Waals surface area contributed by atoms with E-state index >= 15 is 0 Å². The number of benzene rings is 1. The zero-order chi connectivity index (χ0) is 12.1. The van der Waals surface area contributed by atoms with Gasteiger partial charge in [0, 0.05) is 9.50 Å². The summed E-state index contributed by atoms with van der Waals surface area (Å²) in [5.74, 6) is 0. The van der Waals surface area contributed by atoms with Crippen LogP contribution in [0.5, 0.6) is 0 Å². The van der Waals surface area contributed by atoms with Crippen LogP contribution in [0.4, 0.5) is 0 Å². The van der Waals surface area contributed by atoms with Crippen LogP contribution >= 0.6 is 27.5 Å². The second kappa shape index (κ2) is 6.60. The lowest BCUT2D eigenvalue weighted by molar-refractivity contribution is 0.0625. The first-order valence-electron chi connectivity index (χ1n) is 5.28. The second-order valence-electron chi connectivity index (χ2n) is 3.89. The molecule has 0 radical (unpaired) electrons. The first-order chi connectivity index (χ1) is 7.54. The van der Waals surface area contributed by atoms with Crippen molar-refractivity contribution in [1.29, 1.82) is 0 Å². The van der Waals surface area contributed by atoms with Gasteiger partial charge in [-0.05, 0) is 38.6 Å². The van der Waals surface area contributed by atoms with Crippen LogP contribution in [-0.4, -0.2) is 19.8 Å². The van der Waals surface area contributed by atoms with Gasteiger partial charge in [-0.15, -0.1) is 0 Å². The predicted molar refractivity (Wildman–Crippen MR) is 72.0 cm³/mol. The lowest BCUT2D eigenvalue weighted by Crippen LogP contribution is -2.23. The number of nitrogens with one attached hydrogen (secondary N) is 1. The summed E-state index contributed by atoms with van der Waals surface area (Å²) in [6, 6.07) is 5.98. The van der Waals surface area contributed by atoms with Gasteiger partial charge in [-0.2, -0.15) is 0 Å². The minimum atomic E-state index is 0.175. The van der Waals surface area contributed by atoms with E-state index in [9.17, 15) is 0 Å². The van der Waals surface area contributed by atoms with E-state index in [4.69, 9.17) is 16.3 Å². The molecule has 0 aliphatic heterocycles. The van der Waals surface area contributed by atoms with Crippen molar-refractivity contribution in [3.8, 4) is 0 Å². The number of hydrogen-bond donors (Lipinski definition) is 1. The van der Waals surface area contributed by atoms with Crippen LogP contribution in [-0.2, 0) is 4.74 Å². The minimum Gasteiger partial charge on any atom is -0.377 e. The molecule has 2 nitrogen and oxygen atoms in total. The zero-order valence-corrected chi connectivity index (χ0v) is 12.1. The molecule has 1 atom stereocenters. The van der Waals surface area contributed by atoms with Gasteiger partial charge in [0.05, 0.1) is 18.8 Å². The predicted octanol–water partition coefficient (Wildman–Crippen LogP) is 3.79. The lowest BCUT2D eigenvalue weighted by atomic mass is 10.1. The van der Waals surface area contributed by atoms with Gasteiger partial charge in [-0.25, -0.2) is 0 Å². The van der Waals surface area contributed by atoms with Gasteiger partial charge in [0.1, 0.15) is 0 Å². The highest BCUT2D eigenvalue weighted by Crippen LogP contribution is 2.26. The molecular formula is C12H17BrClNO. The SMILES string of the molecule is CNC(COC(C)C)c1ccc(Cl)cc1Br. The molecule has 1 N–H and O–H groups in total. The van der Waals surface area contributed by atoms with E-state index in [0.29, 0.717) is 6.61 Å². The van der Waals surface area contributed by atoms with Crippen molar-refractivity contribution < 1.29 is 4.74 Å². The molecule has 0 aromatic heterocycles. The van der Waals surface area contributed by atoms with E-state index in [2.05, 4.69) is 21.2 Å². The lowest BCUT2D eigenvalue weighted by Gasteiger charge is -2.19. The third-order valence-electron chi connectivity index (χ3n) is 2.28. The molecule has 90 valence electrons. The molecule has 0 fully saturated rings. The summed E-state index contributed by atoms with van der Waals surface area (Å²) in [6.45, 7) is 4.71. The molecule has 0 saturated heterocycles. The van der Waals surface area contributed by atoms with Crippen LogP contribution in [0.3, 0.4) is 0 Å². The third kappa shape index (κ3) is 4.06. The fourth-order valence-corrected chi connectivity index (χ4v) is 2.36. The van der Waals surface area contributed by atoms with Crippen molar-refractivity contribution in [2.24, 2.45) is 0 Å². The Morgan fingerprint density at radius 3 is 2.62 bits per heavy atom. The number of likely N-dealkylation sites (N-methyl/N-ethyl adjacent to an activating group) is 1. The topological polar surface area (TPSA) is 21.3 Å². The standard InChI is InChI=1S/C12H17BrClNO/c1-8(2)16-7-12(15-3)10-5-4-9(14)6-11(10)13/h4-6,8,12,15H,7H2,1-3H3. The highest BCUT2D eigenvalue weighted by atomic mass is 79.9. The van der Waals surface area contributed by atoms with Crippen LogP contribution in [0.1, 0.15) is 25.5 Å². The Balaban J connectivity index is 2.78. The van der Waals surface area contributed by atoms with E-state index < -0.39 is 0 Å². The van der Waals surface area contributed by atoms with Crippen molar-refractivity contribution in [1.82, 2.24) is 5.32 Å². The number of ether oxygens (including phenoxy) is 1. The number of halogens is 2. The van der Waals surface area contributed by atoms with Gasteiger partial charge in [0.2, 0.25) is 0 Å². The Morgan fingerprint density at radius 1 is 1.44 bits per heavy atom. The molecule has 16 heavy (non-hydrogen) atoms. The summed E-state index contributed by atoms with van der Waals surface area (Å²) in [5.41, 5.74) is 1.16. The van der Waals surface area contributed by atoms with E-state index in [0.717, 1.165) is 15.1 Å². The number of rotatable bonds is 5. The molecule has 0 aliphatic rings. The average molecular weight is 307 g/mol. The summed E-state index contributed by atoms with van der Waals surface area (Å²) < 4.78 is 6.62. The Kier molecular flexibility index (Phi) is 5.76. The van der Waals surface area contributed by atoms with E-state index in [-0.39, 0.29) is 12.1 Å². The highest BCUT2D eigenvalue weighted by molar-refractivity contribution is 9.10. The summed E-state index contributed by atoms with van der Waals surface area (Å²) >= 11 is 9.43. The van der Waals surface area contributed by atoms with Gasteiger partial charge in [0.25, 0.3) is 0 Å². The van der Waals surface area contributed by atoms with Crippen molar-refractivity contribution >= 4 is 27.5 Å². The number of hydrogen-bond acceptors (Lipinski definition) is 2. The van der Waals surface area contributed by atoms with Crippen molar-refractivity contribution in [2.45, 2.75) is 26.0 Å². The quantitative estimate of drug-likeness (QED) is 0.893. The molecule has 0 bridgehead atoms. The van der Waals surface area contributed by atoms with Gasteiger partial charge < -0.3 is 10.1 Å². The fraction of sp³-hybridized carbons (Fsp3) is 0.500. The average Bonchev–Trinajstić information content (AvgIpc) is 2.21. The van der Waals surface area contributed by atoms with Crippen LogP contribution in [0.15, 0.2) is 22.7 Å². The maximum absolute atomic E-state index is 5.91. The summed E-state index contributed by atoms with van der Waals surface area (Å²) in [6.07, 6.45) is 0.238. The zero-order valence-electron chi connectivity index (χ0n) is 9.76. The molecule has 1 aromatic rings. The van der Waals surface area contributed by atoms with Crippen LogP contribution in [0, 0.1) is 0 Å². The third-order valence-corrected chi connectivity index (χ3v) is 3.20. The summed E-state index contributed by atoms with van der Waals surface area (Å²) in [5, 5.41) is 3.97. The largest absolute Gasteiger partial charge is 0.377 e. The normalized spacial score (nSPS) is 13.1. The Hall–Kier alpha value is -0.0900. The molecule has 4 heteroatoms. The molecule has 1 unspecified atom stereocenters. The monoisotopic (exact) mass is 305 g/mol. The molecule has 1 rings (SSSR count). The minimum absolute atomic E-state index is 0.175. The molecule has 0 saturated carbocycles. The van der Waals surface area contributed by atoms with Crippen molar-refractivity contribution in [2.75, 3.05) is 13.7 Å². The van der Waals surface area contributed by atoms with E-state index in [1.807, 2.05) is 39.1 Å². The van der Waals surface area contributed by atoms with E-state index in [1.165, 1.54) is 0 Å². The summed E-state index contributed by atoms with van der Waals surface area (Å²) in [4.78, 5) is 0. The first kappa shape index (κ1) is 14.0. The van der Waals surface area contributed by atoms with Gasteiger partial charge >= 0.3 is 0 Å². The molecule has 0 aliphatic carbocycles. The Labute approximate surface area is 110 Å². The highest BCUT2D eigenvalue weighted by Gasteiger charge is 2.13. The first-order valence-corrected chi connectivity index (χ1v) is 6.45. The maximum atomic E-state index is 5.91. The van der Waals surface area contributed by atoms with Gasteiger partial charge in [-0.1, -0.05) is 33.6 Å². The molecule has 0 spiro atoms. The Bertz CT molecular complexity index is 344. The molecule has 0 heterocycles. The maximum Gasteiger partial charge on any atom is 0.0665 e. The molecule has 0 amide bonds.